The number of hydrogen-bond acceptors (Lipinski definition) is 6. The second-order valence-corrected chi connectivity index (χ2v) is 10.2. The minimum Gasteiger partial charge on any atom is -0.458 e. The fourth-order valence-corrected chi connectivity index (χ4v) is 7.15. The molecule has 0 spiro atoms. The number of hydrogen-bond donors (Lipinski definition) is 2. The summed E-state index contributed by atoms with van der Waals surface area (Å²) in [5.74, 6) is -0.994. The van der Waals surface area contributed by atoms with Crippen LogP contribution in [0, 0.1) is 28.6 Å². The number of Topliss-reactive ketones (excluding diaryl/α,β-unsaturated/α-hetero) is 1. The third-order valence-electron chi connectivity index (χ3n) is 8.94. The number of fused-ring (bicyclic) bond motifs is 5. The Kier molecular flexibility index (Phi) is 4.82. The van der Waals surface area contributed by atoms with E-state index in [4.69, 9.17) is 4.74 Å². The van der Waals surface area contributed by atoms with Crippen molar-refractivity contribution in [3.05, 3.63) is 11.6 Å². The number of rotatable bonds is 3. The molecule has 160 valence electrons. The number of aliphatic hydroxyl groups is 2. The molecule has 3 fully saturated rings. The molecule has 0 saturated heterocycles. The Labute approximate surface area is 171 Å². The zero-order valence-electron chi connectivity index (χ0n) is 17.6. The van der Waals surface area contributed by atoms with E-state index in [0.29, 0.717) is 25.7 Å². The first-order valence-corrected chi connectivity index (χ1v) is 10.8. The Morgan fingerprint density at radius 2 is 1.83 bits per heavy atom. The zero-order chi connectivity index (χ0) is 21.2. The van der Waals surface area contributed by atoms with Crippen LogP contribution in [0.25, 0.3) is 0 Å². The van der Waals surface area contributed by atoms with E-state index in [9.17, 15) is 24.6 Å². The molecular formula is C23H32O6. The Morgan fingerprint density at radius 3 is 2.52 bits per heavy atom. The van der Waals surface area contributed by atoms with Gasteiger partial charge in [0.2, 0.25) is 5.78 Å². The van der Waals surface area contributed by atoms with Gasteiger partial charge < -0.3 is 14.9 Å². The van der Waals surface area contributed by atoms with Crippen molar-refractivity contribution in [1.82, 2.24) is 0 Å². The van der Waals surface area contributed by atoms with Crippen molar-refractivity contribution in [2.24, 2.45) is 28.6 Å². The van der Waals surface area contributed by atoms with Crippen molar-refractivity contribution in [3.8, 4) is 0 Å². The molecule has 0 bridgehead atoms. The molecular weight excluding hydrogens is 372 g/mol. The average molecular weight is 405 g/mol. The van der Waals surface area contributed by atoms with Crippen molar-refractivity contribution in [2.75, 3.05) is 6.61 Å². The molecule has 29 heavy (non-hydrogen) atoms. The molecule has 0 aromatic heterocycles. The minimum atomic E-state index is -1.56. The van der Waals surface area contributed by atoms with Crippen LogP contribution in [0.15, 0.2) is 11.6 Å². The van der Waals surface area contributed by atoms with E-state index in [1.807, 2.05) is 6.92 Å². The number of allylic oxidation sites excluding steroid dienone is 1. The summed E-state index contributed by atoms with van der Waals surface area (Å²) >= 11 is 0. The predicted octanol–water partition coefficient (Wildman–Crippen LogP) is 2.35. The third-order valence-corrected chi connectivity index (χ3v) is 8.94. The molecule has 0 aromatic carbocycles. The molecule has 0 unspecified atom stereocenters. The van der Waals surface area contributed by atoms with Crippen LogP contribution >= 0.6 is 0 Å². The van der Waals surface area contributed by atoms with Gasteiger partial charge in [0.15, 0.2) is 12.4 Å². The summed E-state index contributed by atoms with van der Waals surface area (Å²) in [4.78, 5) is 37.2. The van der Waals surface area contributed by atoms with Crippen LogP contribution in [0.5, 0.6) is 0 Å². The smallest absolute Gasteiger partial charge is 0.303 e. The monoisotopic (exact) mass is 404 g/mol. The number of ketones is 2. The van der Waals surface area contributed by atoms with Crippen molar-refractivity contribution in [3.63, 3.8) is 0 Å². The van der Waals surface area contributed by atoms with Gasteiger partial charge in [-0.1, -0.05) is 19.4 Å². The summed E-state index contributed by atoms with van der Waals surface area (Å²) in [7, 11) is 0. The van der Waals surface area contributed by atoms with E-state index in [0.717, 1.165) is 24.8 Å². The zero-order valence-corrected chi connectivity index (χ0v) is 17.6. The quantitative estimate of drug-likeness (QED) is 0.701. The average Bonchev–Trinajstić information content (AvgIpc) is 2.93. The largest absolute Gasteiger partial charge is 0.458 e. The molecule has 7 atom stereocenters. The van der Waals surface area contributed by atoms with Gasteiger partial charge in [0.1, 0.15) is 5.60 Å². The van der Waals surface area contributed by atoms with Crippen LogP contribution in [0.3, 0.4) is 0 Å². The normalized spacial score (nSPS) is 46.2. The molecule has 0 aromatic rings. The summed E-state index contributed by atoms with van der Waals surface area (Å²) in [6.07, 6.45) is 5.93. The van der Waals surface area contributed by atoms with E-state index >= 15 is 0 Å². The molecule has 0 aliphatic heterocycles. The fraction of sp³-hybridized carbons (Fsp3) is 0.783. The van der Waals surface area contributed by atoms with Crippen LogP contribution in [0.2, 0.25) is 0 Å². The first kappa shape index (κ1) is 20.7. The number of ether oxygens (including phenoxy) is 1. The van der Waals surface area contributed by atoms with Crippen LogP contribution in [-0.2, 0) is 19.1 Å². The molecule has 0 heterocycles. The third kappa shape index (κ3) is 2.86. The SMILES string of the molecule is CC(=O)OCC(=O)[C@@]1(O)CC[C@H]2[C@@H]3C(=O)C=C4C[C@@H](O)CC[C@]4(C)[C@H]3CC[C@@]21C. The lowest BCUT2D eigenvalue weighted by Crippen LogP contribution is -2.59. The van der Waals surface area contributed by atoms with Crippen molar-refractivity contribution in [1.29, 1.82) is 0 Å². The second-order valence-electron chi connectivity index (χ2n) is 10.2. The number of carbonyl (C=O) groups is 3. The highest BCUT2D eigenvalue weighted by molar-refractivity contribution is 5.95. The van der Waals surface area contributed by atoms with Gasteiger partial charge in [0, 0.05) is 18.3 Å². The number of esters is 1. The summed E-state index contributed by atoms with van der Waals surface area (Å²) in [5.41, 5.74) is -1.28. The molecule has 6 nitrogen and oxygen atoms in total. The molecule has 4 aliphatic carbocycles. The van der Waals surface area contributed by atoms with Gasteiger partial charge in [-0.3, -0.25) is 14.4 Å². The highest BCUT2D eigenvalue weighted by atomic mass is 16.5. The maximum atomic E-state index is 13.2. The first-order chi connectivity index (χ1) is 13.5. The Bertz CT molecular complexity index is 786. The van der Waals surface area contributed by atoms with Crippen molar-refractivity contribution in [2.45, 2.75) is 77.4 Å². The lowest BCUT2D eigenvalue weighted by atomic mass is 9.46. The van der Waals surface area contributed by atoms with Crippen molar-refractivity contribution < 1.29 is 29.3 Å². The van der Waals surface area contributed by atoms with E-state index in [1.165, 1.54) is 6.92 Å². The predicted molar refractivity (Wildman–Crippen MR) is 105 cm³/mol. The standard InChI is InChI=1S/C23H32O6/c1-13(24)29-12-19(27)23(28)9-6-17-20-16(5-8-22(17,23)3)21(2)7-4-15(25)10-14(21)11-18(20)26/h11,15-17,20,25,28H,4-10,12H2,1-3H3/t15-,16-,17-,20+,21-,22-,23-/m0/s1. The lowest BCUT2D eigenvalue weighted by Gasteiger charge is -2.57. The van der Waals surface area contributed by atoms with E-state index < -0.39 is 29.4 Å². The molecule has 2 N–H and O–H groups in total. The summed E-state index contributed by atoms with van der Waals surface area (Å²) < 4.78 is 4.88. The summed E-state index contributed by atoms with van der Waals surface area (Å²) in [6, 6.07) is 0. The minimum absolute atomic E-state index is 0.0681. The van der Waals surface area contributed by atoms with Gasteiger partial charge in [-0.05, 0) is 68.3 Å². The topological polar surface area (TPSA) is 101 Å². The van der Waals surface area contributed by atoms with Gasteiger partial charge in [0.05, 0.1) is 6.10 Å². The number of aliphatic hydroxyl groups excluding tert-OH is 1. The highest BCUT2D eigenvalue weighted by Gasteiger charge is 2.67. The molecule has 3 saturated carbocycles. The van der Waals surface area contributed by atoms with E-state index in [1.54, 1.807) is 6.08 Å². The van der Waals surface area contributed by atoms with Crippen LogP contribution in [-0.4, -0.2) is 46.1 Å². The molecule has 6 heteroatoms. The first-order valence-electron chi connectivity index (χ1n) is 10.8. The summed E-state index contributed by atoms with van der Waals surface area (Å²) in [5, 5.41) is 21.5. The van der Waals surface area contributed by atoms with Crippen LogP contribution in [0.1, 0.15) is 65.7 Å². The summed E-state index contributed by atoms with van der Waals surface area (Å²) in [6.45, 7) is 4.99. The van der Waals surface area contributed by atoms with Crippen LogP contribution < -0.4 is 0 Å². The Hall–Kier alpha value is -1.53. The second kappa shape index (κ2) is 6.74. The Balaban J connectivity index is 1.66. The molecule has 0 amide bonds. The fourth-order valence-electron chi connectivity index (χ4n) is 7.15. The van der Waals surface area contributed by atoms with Crippen LogP contribution in [0.4, 0.5) is 0 Å². The molecule has 4 rings (SSSR count). The maximum Gasteiger partial charge on any atom is 0.303 e. The van der Waals surface area contributed by atoms with Gasteiger partial charge in [-0.2, -0.15) is 0 Å². The van der Waals surface area contributed by atoms with Gasteiger partial charge in [0.25, 0.3) is 0 Å². The molecule has 4 aliphatic rings. The lowest BCUT2D eigenvalue weighted by molar-refractivity contribution is -0.170. The van der Waals surface area contributed by atoms with Gasteiger partial charge in [-0.15, -0.1) is 0 Å². The van der Waals surface area contributed by atoms with Gasteiger partial charge >= 0.3 is 5.97 Å². The van der Waals surface area contributed by atoms with Crippen molar-refractivity contribution >= 4 is 17.5 Å². The van der Waals surface area contributed by atoms with Gasteiger partial charge in [-0.25, -0.2) is 0 Å². The maximum absolute atomic E-state index is 13.2. The highest BCUT2D eigenvalue weighted by Crippen LogP contribution is 2.66. The number of carbonyl (C=O) groups excluding carboxylic acids is 3. The Morgan fingerprint density at radius 1 is 1.14 bits per heavy atom. The van der Waals surface area contributed by atoms with E-state index in [-0.39, 0.29) is 35.1 Å². The molecule has 0 radical (unpaired) electrons. The van der Waals surface area contributed by atoms with E-state index in [2.05, 4.69) is 6.92 Å².